The SMILES string of the molecule is C=CCC(=O)c1cc(C)nnc1CC. The highest BCUT2D eigenvalue weighted by atomic mass is 16.1. The van der Waals surface area contributed by atoms with Gasteiger partial charge in [0.1, 0.15) is 0 Å². The predicted octanol–water partition coefficient (Wildman–Crippen LogP) is 2.11. The second-order valence-corrected chi connectivity index (χ2v) is 3.12. The van der Waals surface area contributed by atoms with Crippen molar-refractivity contribution in [2.24, 2.45) is 0 Å². The van der Waals surface area contributed by atoms with Crippen LogP contribution in [0.4, 0.5) is 0 Å². The molecule has 0 unspecified atom stereocenters. The Morgan fingerprint density at radius 1 is 1.57 bits per heavy atom. The third-order valence-electron chi connectivity index (χ3n) is 1.96. The first-order chi connectivity index (χ1) is 6.69. The van der Waals surface area contributed by atoms with Crippen molar-refractivity contribution in [2.45, 2.75) is 26.7 Å². The standard InChI is InChI=1S/C11H14N2O/c1-4-6-11(14)9-7-8(3)12-13-10(9)5-2/h4,7H,1,5-6H2,2-3H3. The Balaban J connectivity index is 3.09. The maximum absolute atomic E-state index is 11.6. The highest BCUT2D eigenvalue weighted by Crippen LogP contribution is 2.10. The molecule has 0 N–H and O–H groups in total. The van der Waals surface area contributed by atoms with Crippen LogP contribution in [0.15, 0.2) is 18.7 Å². The van der Waals surface area contributed by atoms with Gasteiger partial charge in [-0.15, -0.1) is 6.58 Å². The Hall–Kier alpha value is -1.51. The van der Waals surface area contributed by atoms with Crippen LogP contribution < -0.4 is 0 Å². The number of rotatable bonds is 4. The van der Waals surface area contributed by atoms with E-state index in [9.17, 15) is 4.79 Å². The van der Waals surface area contributed by atoms with Crippen molar-refractivity contribution >= 4 is 5.78 Å². The summed E-state index contributed by atoms with van der Waals surface area (Å²) in [5.41, 5.74) is 2.22. The zero-order valence-electron chi connectivity index (χ0n) is 8.58. The molecular formula is C11H14N2O. The molecular weight excluding hydrogens is 176 g/mol. The quantitative estimate of drug-likeness (QED) is 0.539. The van der Waals surface area contributed by atoms with Gasteiger partial charge in [-0.2, -0.15) is 10.2 Å². The summed E-state index contributed by atoms with van der Waals surface area (Å²) in [5.74, 6) is 0.0647. The van der Waals surface area contributed by atoms with Crippen LogP contribution in [0.1, 0.15) is 35.1 Å². The van der Waals surface area contributed by atoms with Crippen molar-refractivity contribution in [1.29, 1.82) is 0 Å². The Kier molecular flexibility index (Phi) is 3.51. The van der Waals surface area contributed by atoms with E-state index in [2.05, 4.69) is 16.8 Å². The molecule has 0 radical (unpaired) electrons. The number of hydrogen-bond donors (Lipinski definition) is 0. The van der Waals surface area contributed by atoms with Gasteiger partial charge in [0.25, 0.3) is 0 Å². The Labute approximate surface area is 83.9 Å². The smallest absolute Gasteiger partial charge is 0.168 e. The molecule has 0 bridgehead atoms. The van der Waals surface area contributed by atoms with Crippen LogP contribution in [0.2, 0.25) is 0 Å². The number of aromatic nitrogens is 2. The minimum absolute atomic E-state index is 0.0647. The van der Waals surface area contributed by atoms with Gasteiger partial charge in [-0.3, -0.25) is 4.79 Å². The molecule has 0 saturated heterocycles. The first kappa shape index (κ1) is 10.6. The Morgan fingerprint density at radius 2 is 2.29 bits per heavy atom. The summed E-state index contributed by atoms with van der Waals surface area (Å²) in [7, 11) is 0. The minimum Gasteiger partial charge on any atom is -0.294 e. The van der Waals surface area contributed by atoms with Gasteiger partial charge in [0.2, 0.25) is 0 Å². The molecule has 3 heteroatoms. The summed E-state index contributed by atoms with van der Waals surface area (Å²) in [6.45, 7) is 7.34. The average molecular weight is 190 g/mol. The number of carbonyl (C=O) groups is 1. The van der Waals surface area contributed by atoms with Crippen LogP contribution in [0, 0.1) is 6.92 Å². The molecule has 1 rings (SSSR count). The summed E-state index contributed by atoms with van der Waals surface area (Å²) in [6, 6.07) is 1.79. The lowest BCUT2D eigenvalue weighted by Gasteiger charge is -2.04. The molecule has 0 aromatic carbocycles. The second kappa shape index (κ2) is 4.65. The molecule has 1 aromatic rings. The number of carbonyl (C=O) groups excluding carboxylic acids is 1. The Morgan fingerprint density at radius 3 is 2.86 bits per heavy atom. The fraction of sp³-hybridized carbons (Fsp3) is 0.364. The van der Waals surface area contributed by atoms with Gasteiger partial charge in [0, 0.05) is 12.0 Å². The number of allylic oxidation sites excluding steroid dienone is 1. The summed E-state index contributed by atoms with van der Waals surface area (Å²) < 4.78 is 0. The minimum atomic E-state index is 0.0647. The van der Waals surface area contributed by atoms with Crippen molar-refractivity contribution < 1.29 is 4.79 Å². The molecule has 0 aliphatic heterocycles. The monoisotopic (exact) mass is 190 g/mol. The third-order valence-corrected chi connectivity index (χ3v) is 1.96. The average Bonchev–Trinajstić information content (AvgIpc) is 2.18. The van der Waals surface area contributed by atoms with Crippen LogP contribution in [-0.4, -0.2) is 16.0 Å². The Bertz CT molecular complexity index is 358. The van der Waals surface area contributed by atoms with Crippen LogP contribution >= 0.6 is 0 Å². The normalized spacial score (nSPS) is 9.86. The van der Waals surface area contributed by atoms with Gasteiger partial charge in [-0.05, 0) is 19.4 Å². The van der Waals surface area contributed by atoms with Crippen molar-refractivity contribution in [3.05, 3.63) is 35.7 Å². The van der Waals surface area contributed by atoms with Gasteiger partial charge in [0.05, 0.1) is 11.4 Å². The van der Waals surface area contributed by atoms with Crippen LogP contribution in [0.3, 0.4) is 0 Å². The summed E-state index contributed by atoms with van der Waals surface area (Å²) >= 11 is 0. The lowest BCUT2D eigenvalue weighted by molar-refractivity contribution is 0.0994. The molecule has 74 valence electrons. The third kappa shape index (κ3) is 2.25. The largest absolute Gasteiger partial charge is 0.294 e. The van der Waals surface area contributed by atoms with E-state index in [4.69, 9.17) is 0 Å². The first-order valence-electron chi connectivity index (χ1n) is 4.66. The lowest BCUT2D eigenvalue weighted by Crippen LogP contribution is -2.06. The van der Waals surface area contributed by atoms with Crippen LogP contribution in [-0.2, 0) is 6.42 Å². The van der Waals surface area contributed by atoms with Crippen molar-refractivity contribution in [3.8, 4) is 0 Å². The molecule has 0 saturated carbocycles. The van der Waals surface area contributed by atoms with Crippen LogP contribution in [0.25, 0.3) is 0 Å². The highest BCUT2D eigenvalue weighted by Gasteiger charge is 2.10. The summed E-state index contributed by atoms with van der Waals surface area (Å²) in [6.07, 6.45) is 2.70. The topological polar surface area (TPSA) is 42.9 Å². The molecule has 1 heterocycles. The molecule has 0 spiro atoms. The van der Waals surface area contributed by atoms with E-state index in [0.717, 1.165) is 17.8 Å². The van der Waals surface area contributed by atoms with E-state index in [1.165, 1.54) is 0 Å². The number of nitrogens with zero attached hydrogens (tertiary/aromatic N) is 2. The molecule has 14 heavy (non-hydrogen) atoms. The molecule has 1 aromatic heterocycles. The van der Waals surface area contributed by atoms with E-state index in [-0.39, 0.29) is 5.78 Å². The molecule has 0 fully saturated rings. The summed E-state index contributed by atoms with van der Waals surface area (Å²) in [5, 5.41) is 7.92. The van der Waals surface area contributed by atoms with Crippen molar-refractivity contribution in [1.82, 2.24) is 10.2 Å². The number of aryl methyl sites for hydroxylation is 2. The van der Waals surface area contributed by atoms with E-state index >= 15 is 0 Å². The maximum Gasteiger partial charge on any atom is 0.168 e. The molecule has 0 atom stereocenters. The van der Waals surface area contributed by atoms with Gasteiger partial charge in [0.15, 0.2) is 5.78 Å². The lowest BCUT2D eigenvalue weighted by atomic mass is 10.1. The molecule has 0 aliphatic carbocycles. The van der Waals surface area contributed by atoms with Gasteiger partial charge in [-0.1, -0.05) is 13.0 Å². The zero-order valence-corrected chi connectivity index (χ0v) is 8.58. The van der Waals surface area contributed by atoms with Crippen LogP contribution in [0.5, 0.6) is 0 Å². The first-order valence-corrected chi connectivity index (χ1v) is 4.66. The summed E-state index contributed by atoms with van der Waals surface area (Å²) in [4.78, 5) is 11.6. The van der Waals surface area contributed by atoms with E-state index in [0.29, 0.717) is 12.0 Å². The van der Waals surface area contributed by atoms with Gasteiger partial charge in [-0.25, -0.2) is 0 Å². The molecule has 0 amide bonds. The van der Waals surface area contributed by atoms with E-state index in [1.807, 2.05) is 13.8 Å². The molecule has 3 nitrogen and oxygen atoms in total. The zero-order chi connectivity index (χ0) is 10.6. The number of hydrogen-bond acceptors (Lipinski definition) is 3. The predicted molar refractivity (Wildman–Crippen MR) is 55.3 cm³/mol. The van der Waals surface area contributed by atoms with Crippen molar-refractivity contribution in [2.75, 3.05) is 0 Å². The van der Waals surface area contributed by atoms with Gasteiger partial charge < -0.3 is 0 Å². The maximum atomic E-state index is 11.6. The molecule has 0 aliphatic rings. The highest BCUT2D eigenvalue weighted by molar-refractivity contribution is 5.97. The van der Waals surface area contributed by atoms with E-state index < -0.39 is 0 Å². The fourth-order valence-electron chi connectivity index (χ4n) is 1.26. The number of Topliss-reactive ketones (excluding diaryl/α,β-unsaturated/α-hetero) is 1. The number of ketones is 1. The van der Waals surface area contributed by atoms with Crippen molar-refractivity contribution in [3.63, 3.8) is 0 Å². The van der Waals surface area contributed by atoms with Gasteiger partial charge >= 0.3 is 0 Å². The fourth-order valence-corrected chi connectivity index (χ4v) is 1.26. The second-order valence-electron chi connectivity index (χ2n) is 3.12. The van der Waals surface area contributed by atoms with E-state index in [1.54, 1.807) is 12.1 Å².